The second kappa shape index (κ2) is 2.62. The third kappa shape index (κ3) is 1.57. The quantitative estimate of drug-likeness (QED) is 0.699. The van der Waals surface area contributed by atoms with E-state index >= 15 is 0 Å². The first-order chi connectivity index (χ1) is 5.36. The lowest BCUT2D eigenvalue weighted by atomic mass is 10.1. The van der Waals surface area contributed by atoms with Crippen LogP contribution in [0.4, 0.5) is 0 Å². The van der Waals surface area contributed by atoms with Crippen LogP contribution in [-0.2, 0) is 0 Å². The Labute approximate surface area is 64.8 Å². The van der Waals surface area contributed by atoms with Gasteiger partial charge in [-0.1, -0.05) is 18.0 Å². The van der Waals surface area contributed by atoms with Gasteiger partial charge in [-0.25, -0.2) is 0 Å². The van der Waals surface area contributed by atoms with E-state index in [0.717, 1.165) is 12.3 Å². The average molecular weight is 153 g/mol. The lowest BCUT2D eigenvalue weighted by Crippen LogP contribution is -2.11. The summed E-state index contributed by atoms with van der Waals surface area (Å²) in [6, 6.07) is -0.0509. The highest BCUT2D eigenvalue weighted by Gasteiger charge is 2.26. The van der Waals surface area contributed by atoms with Gasteiger partial charge in [-0.15, -0.1) is 0 Å². The van der Waals surface area contributed by atoms with E-state index in [1.807, 2.05) is 0 Å². The summed E-state index contributed by atoms with van der Waals surface area (Å²) >= 11 is 0. The van der Waals surface area contributed by atoms with Gasteiger partial charge in [-0.3, -0.25) is 0 Å². The molecule has 4 heteroatoms. The van der Waals surface area contributed by atoms with Gasteiger partial charge in [0.2, 0.25) is 5.89 Å². The third-order valence-electron chi connectivity index (χ3n) is 1.98. The Hall–Kier alpha value is -0.900. The molecule has 1 aromatic heterocycles. The second-order valence-corrected chi connectivity index (χ2v) is 3.07. The third-order valence-corrected chi connectivity index (χ3v) is 1.98. The molecule has 0 bridgehead atoms. The van der Waals surface area contributed by atoms with Gasteiger partial charge in [0.1, 0.15) is 0 Å². The van der Waals surface area contributed by atoms with Crippen molar-refractivity contribution < 1.29 is 4.52 Å². The average Bonchev–Trinajstić information content (AvgIpc) is 2.67. The van der Waals surface area contributed by atoms with Crippen LogP contribution in [-0.4, -0.2) is 10.1 Å². The Kier molecular flexibility index (Phi) is 1.62. The Morgan fingerprint density at radius 3 is 3.09 bits per heavy atom. The van der Waals surface area contributed by atoms with Crippen molar-refractivity contribution in [2.45, 2.75) is 25.3 Å². The van der Waals surface area contributed by atoms with Crippen LogP contribution < -0.4 is 5.73 Å². The van der Waals surface area contributed by atoms with E-state index in [9.17, 15) is 0 Å². The zero-order valence-electron chi connectivity index (χ0n) is 6.23. The molecule has 1 fully saturated rings. The summed E-state index contributed by atoms with van der Waals surface area (Å²) < 4.78 is 4.84. The molecule has 11 heavy (non-hydrogen) atoms. The predicted molar refractivity (Wildman–Crippen MR) is 38.6 cm³/mol. The molecule has 0 radical (unpaired) electrons. The zero-order valence-corrected chi connectivity index (χ0v) is 6.23. The van der Waals surface area contributed by atoms with E-state index < -0.39 is 0 Å². The minimum atomic E-state index is -0.0509. The fourth-order valence-electron chi connectivity index (χ4n) is 1.16. The van der Waals surface area contributed by atoms with E-state index in [-0.39, 0.29) is 6.04 Å². The highest BCUT2D eigenvalue weighted by Crippen LogP contribution is 2.36. The van der Waals surface area contributed by atoms with Crippen molar-refractivity contribution in [3.8, 4) is 0 Å². The molecule has 2 N–H and O–H groups in total. The number of nitrogens with zero attached hydrogens (tertiary/aromatic N) is 2. The molecule has 1 saturated carbocycles. The van der Waals surface area contributed by atoms with Gasteiger partial charge in [0.15, 0.2) is 6.33 Å². The van der Waals surface area contributed by atoms with Gasteiger partial charge in [0, 0.05) is 0 Å². The lowest BCUT2D eigenvalue weighted by molar-refractivity contribution is 0.343. The molecule has 0 saturated heterocycles. The predicted octanol–water partition coefficient (Wildman–Crippen LogP) is 0.870. The largest absolute Gasteiger partial charge is 0.338 e. The minimum absolute atomic E-state index is 0.0509. The summed E-state index contributed by atoms with van der Waals surface area (Å²) in [5.74, 6) is 1.37. The van der Waals surface area contributed by atoms with Gasteiger partial charge in [-0.05, 0) is 12.3 Å². The molecule has 0 amide bonds. The van der Waals surface area contributed by atoms with Crippen molar-refractivity contribution >= 4 is 0 Å². The fourth-order valence-corrected chi connectivity index (χ4v) is 1.16. The van der Waals surface area contributed by atoms with Crippen LogP contribution in [0.15, 0.2) is 10.9 Å². The smallest absolute Gasteiger partial charge is 0.243 e. The molecule has 1 aliphatic carbocycles. The monoisotopic (exact) mass is 153 g/mol. The van der Waals surface area contributed by atoms with Crippen molar-refractivity contribution in [1.82, 2.24) is 10.1 Å². The first kappa shape index (κ1) is 6.79. The fraction of sp³-hybridized carbons (Fsp3) is 0.714. The number of aromatic nitrogens is 2. The molecule has 1 unspecified atom stereocenters. The first-order valence-electron chi connectivity index (χ1n) is 3.88. The molecular formula is C7H11N3O. The number of hydrogen-bond donors (Lipinski definition) is 1. The maximum absolute atomic E-state index is 5.78. The van der Waals surface area contributed by atoms with Crippen molar-refractivity contribution in [1.29, 1.82) is 0 Å². The van der Waals surface area contributed by atoms with Gasteiger partial charge >= 0.3 is 0 Å². The lowest BCUT2D eigenvalue weighted by Gasteiger charge is -2.03. The van der Waals surface area contributed by atoms with Crippen LogP contribution in [0.5, 0.6) is 0 Å². The summed E-state index contributed by atoms with van der Waals surface area (Å²) in [5.41, 5.74) is 5.78. The maximum Gasteiger partial charge on any atom is 0.243 e. The van der Waals surface area contributed by atoms with Crippen molar-refractivity contribution in [3.63, 3.8) is 0 Å². The number of nitrogens with two attached hydrogens (primary N) is 1. The summed E-state index contributed by atoms with van der Waals surface area (Å²) in [5, 5.41) is 3.50. The molecule has 0 spiro atoms. The Bertz CT molecular complexity index is 218. The normalized spacial score (nSPS) is 20.1. The molecule has 0 aliphatic heterocycles. The zero-order chi connectivity index (χ0) is 7.68. The molecule has 4 nitrogen and oxygen atoms in total. The molecular weight excluding hydrogens is 142 g/mol. The Morgan fingerprint density at radius 2 is 2.55 bits per heavy atom. The first-order valence-corrected chi connectivity index (χ1v) is 3.88. The summed E-state index contributed by atoms with van der Waals surface area (Å²) in [6.45, 7) is 0. The van der Waals surface area contributed by atoms with Gasteiger partial charge in [-0.2, -0.15) is 4.98 Å². The standard InChI is InChI=1S/C7H11N3O/c8-6(3-5-1-2-5)7-9-4-10-11-7/h4-6H,1-3,8H2. The molecule has 0 aromatic carbocycles. The van der Waals surface area contributed by atoms with Crippen molar-refractivity contribution in [2.75, 3.05) is 0 Å². The van der Waals surface area contributed by atoms with Crippen LogP contribution in [0.25, 0.3) is 0 Å². The molecule has 1 aliphatic rings. The van der Waals surface area contributed by atoms with E-state index in [0.29, 0.717) is 5.89 Å². The van der Waals surface area contributed by atoms with Gasteiger partial charge in [0.25, 0.3) is 0 Å². The molecule has 1 heterocycles. The summed E-state index contributed by atoms with van der Waals surface area (Å²) in [7, 11) is 0. The Balaban J connectivity index is 1.93. The second-order valence-electron chi connectivity index (χ2n) is 3.07. The van der Waals surface area contributed by atoms with Crippen LogP contribution in [0.1, 0.15) is 31.2 Å². The number of hydrogen-bond acceptors (Lipinski definition) is 4. The van der Waals surface area contributed by atoms with Crippen LogP contribution in [0.3, 0.4) is 0 Å². The van der Waals surface area contributed by atoms with Crippen LogP contribution >= 0.6 is 0 Å². The summed E-state index contributed by atoms with van der Waals surface area (Å²) in [4.78, 5) is 3.89. The van der Waals surface area contributed by atoms with E-state index in [1.165, 1.54) is 19.2 Å². The minimum Gasteiger partial charge on any atom is -0.338 e. The molecule has 60 valence electrons. The molecule has 1 aromatic rings. The van der Waals surface area contributed by atoms with Gasteiger partial charge in [0.05, 0.1) is 6.04 Å². The highest BCUT2D eigenvalue weighted by atomic mass is 16.5. The van der Waals surface area contributed by atoms with Gasteiger partial charge < -0.3 is 10.3 Å². The van der Waals surface area contributed by atoms with E-state index in [4.69, 9.17) is 10.3 Å². The van der Waals surface area contributed by atoms with E-state index in [2.05, 4.69) is 10.1 Å². The topological polar surface area (TPSA) is 64.9 Å². The SMILES string of the molecule is NC(CC1CC1)c1ncno1. The molecule has 1 atom stereocenters. The summed E-state index contributed by atoms with van der Waals surface area (Å²) in [6.07, 6.45) is 4.99. The maximum atomic E-state index is 5.78. The van der Waals surface area contributed by atoms with Crippen molar-refractivity contribution in [2.24, 2.45) is 11.7 Å². The molecule has 2 rings (SSSR count). The van der Waals surface area contributed by atoms with Crippen LogP contribution in [0, 0.1) is 5.92 Å². The van der Waals surface area contributed by atoms with Crippen molar-refractivity contribution in [3.05, 3.63) is 12.2 Å². The van der Waals surface area contributed by atoms with Crippen LogP contribution in [0.2, 0.25) is 0 Å². The van der Waals surface area contributed by atoms with E-state index in [1.54, 1.807) is 0 Å². The highest BCUT2D eigenvalue weighted by molar-refractivity contribution is 4.89. The number of rotatable bonds is 3. The Morgan fingerprint density at radius 1 is 1.73 bits per heavy atom.